The molecule has 2 aromatic carbocycles. The second kappa shape index (κ2) is 8.09. The first-order chi connectivity index (χ1) is 11.5. The number of amides is 1. The van der Waals surface area contributed by atoms with Gasteiger partial charge in [0.1, 0.15) is 11.6 Å². The third-order valence-electron chi connectivity index (χ3n) is 3.11. The van der Waals surface area contributed by atoms with Crippen LogP contribution in [0.15, 0.2) is 58.6 Å². The Hall–Kier alpha value is -2.91. The largest absolute Gasteiger partial charge is 0.465 e. The standard InChI is InChI=1S/C18H13BrN2O3/c1-24-18(23)13-4-8-16(9-5-13)21-17(22)14(11-20)10-12-2-6-15(19)7-3-12/h2-10H,1H3,(H,21,22)/b14-10+. The molecule has 24 heavy (non-hydrogen) atoms. The summed E-state index contributed by atoms with van der Waals surface area (Å²) in [5, 5.41) is 11.8. The molecule has 2 aromatic rings. The Morgan fingerprint density at radius 1 is 1.12 bits per heavy atom. The lowest BCUT2D eigenvalue weighted by Gasteiger charge is -2.05. The number of esters is 1. The lowest BCUT2D eigenvalue weighted by atomic mass is 10.1. The summed E-state index contributed by atoms with van der Waals surface area (Å²) in [7, 11) is 1.30. The van der Waals surface area contributed by atoms with Crippen molar-refractivity contribution in [1.82, 2.24) is 0 Å². The monoisotopic (exact) mass is 384 g/mol. The Bertz CT molecular complexity index is 819. The van der Waals surface area contributed by atoms with E-state index in [2.05, 4.69) is 26.0 Å². The van der Waals surface area contributed by atoms with Crippen molar-refractivity contribution in [1.29, 1.82) is 5.26 Å². The number of nitrogens with one attached hydrogen (secondary N) is 1. The zero-order valence-electron chi connectivity index (χ0n) is 12.7. The van der Waals surface area contributed by atoms with Gasteiger partial charge in [-0.25, -0.2) is 4.79 Å². The molecule has 0 radical (unpaired) electrons. The lowest BCUT2D eigenvalue weighted by molar-refractivity contribution is -0.112. The van der Waals surface area contributed by atoms with E-state index in [9.17, 15) is 14.9 Å². The van der Waals surface area contributed by atoms with Crippen molar-refractivity contribution < 1.29 is 14.3 Å². The molecule has 2 rings (SSSR count). The fourth-order valence-electron chi connectivity index (χ4n) is 1.88. The maximum Gasteiger partial charge on any atom is 0.337 e. The van der Waals surface area contributed by atoms with Crippen molar-refractivity contribution in [2.45, 2.75) is 0 Å². The minimum Gasteiger partial charge on any atom is -0.465 e. The van der Waals surface area contributed by atoms with Crippen molar-refractivity contribution >= 4 is 39.6 Å². The maximum atomic E-state index is 12.2. The second-order valence-electron chi connectivity index (χ2n) is 4.74. The third kappa shape index (κ3) is 4.54. The van der Waals surface area contributed by atoms with Crippen LogP contribution in [0, 0.1) is 11.3 Å². The topological polar surface area (TPSA) is 79.2 Å². The molecule has 0 fully saturated rings. The van der Waals surface area contributed by atoms with Gasteiger partial charge in [-0.05, 0) is 48.0 Å². The summed E-state index contributed by atoms with van der Waals surface area (Å²) in [5.74, 6) is -0.980. The molecule has 0 saturated heterocycles. The van der Waals surface area contributed by atoms with Crippen molar-refractivity contribution in [3.05, 3.63) is 69.7 Å². The van der Waals surface area contributed by atoms with Crippen LogP contribution < -0.4 is 5.32 Å². The van der Waals surface area contributed by atoms with Crippen LogP contribution >= 0.6 is 15.9 Å². The van der Waals surface area contributed by atoms with Gasteiger partial charge in [0, 0.05) is 10.2 Å². The van der Waals surface area contributed by atoms with E-state index in [-0.39, 0.29) is 5.57 Å². The Kier molecular flexibility index (Phi) is 5.88. The van der Waals surface area contributed by atoms with Gasteiger partial charge in [-0.1, -0.05) is 28.1 Å². The predicted molar refractivity (Wildman–Crippen MR) is 94.1 cm³/mol. The molecule has 0 aromatic heterocycles. The molecule has 0 aliphatic carbocycles. The van der Waals surface area contributed by atoms with Crippen molar-refractivity contribution in [3.8, 4) is 6.07 Å². The van der Waals surface area contributed by atoms with Gasteiger partial charge in [-0.3, -0.25) is 4.79 Å². The van der Waals surface area contributed by atoms with Crippen molar-refractivity contribution in [2.24, 2.45) is 0 Å². The van der Waals surface area contributed by atoms with E-state index in [4.69, 9.17) is 0 Å². The van der Waals surface area contributed by atoms with E-state index in [1.54, 1.807) is 24.3 Å². The van der Waals surface area contributed by atoms with Crippen LogP contribution in [0.4, 0.5) is 5.69 Å². The number of methoxy groups -OCH3 is 1. The van der Waals surface area contributed by atoms with E-state index < -0.39 is 11.9 Å². The van der Waals surface area contributed by atoms with Crippen LogP contribution in [0.2, 0.25) is 0 Å². The number of nitrogens with zero attached hydrogens (tertiary/aromatic N) is 1. The van der Waals surface area contributed by atoms with Gasteiger partial charge in [0.25, 0.3) is 5.91 Å². The molecule has 0 unspecified atom stereocenters. The molecule has 6 heteroatoms. The first kappa shape index (κ1) is 17.4. The fourth-order valence-corrected chi connectivity index (χ4v) is 2.14. The lowest BCUT2D eigenvalue weighted by Crippen LogP contribution is -2.13. The molecule has 5 nitrogen and oxygen atoms in total. The summed E-state index contributed by atoms with van der Waals surface area (Å²) in [6.45, 7) is 0. The minimum absolute atomic E-state index is 0.0191. The summed E-state index contributed by atoms with van der Waals surface area (Å²) in [6, 6.07) is 15.3. The minimum atomic E-state index is -0.522. The highest BCUT2D eigenvalue weighted by Gasteiger charge is 2.10. The highest BCUT2D eigenvalue weighted by atomic mass is 79.9. The number of carbonyl (C=O) groups is 2. The molecule has 0 heterocycles. The highest BCUT2D eigenvalue weighted by Crippen LogP contribution is 2.15. The Balaban J connectivity index is 2.13. The maximum absolute atomic E-state index is 12.2. The molecule has 0 bridgehead atoms. The summed E-state index contributed by atoms with van der Waals surface area (Å²) >= 11 is 3.33. The van der Waals surface area contributed by atoms with E-state index in [1.807, 2.05) is 18.2 Å². The van der Waals surface area contributed by atoms with Gasteiger partial charge in [0.2, 0.25) is 0 Å². The van der Waals surface area contributed by atoms with Gasteiger partial charge < -0.3 is 10.1 Å². The smallest absolute Gasteiger partial charge is 0.337 e. The molecule has 0 spiro atoms. The first-order valence-corrected chi connectivity index (χ1v) is 7.70. The zero-order valence-corrected chi connectivity index (χ0v) is 14.3. The molecule has 0 aliphatic rings. The zero-order chi connectivity index (χ0) is 17.5. The van der Waals surface area contributed by atoms with Crippen LogP contribution in [-0.2, 0) is 9.53 Å². The number of rotatable bonds is 4. The number of halogens is 1. The summed E-state index contributed by atoms with van der Waals surface area (Å²) in [6.07, 6.45) is 1.50. The Labute approximate surface area is 147 Å². The fraction of sp³-hybridized carbons (Fsp3) is 0.0556. The van der Waals surface area contributed by atoms with Crippen LogP contribution in [0.25, 0.3) is 6.08 Å². The molecule has 1 N–H and O–H groups in total. The van der Waals surface area contributed by atoms with Crippen LogP contribution in [-0.4, -0.2) is 19.0 Å². The van der Waals surface area contributed by atoms with Gasteiger partial charge >= 0.3 is 5.97 Å². The normalized spacial score (nSPS) is 10.6. The number of carbonyl (C=O) groups excluding carboxylic acids is 2. The molecular formula is C18H13BrN2O3. The van der Waals surface area contributed by atoms with Crippen molar-refractivity contribution in [2.75, 3.05) is 12.4 Å². The van der Waals surface area contributed by atoms with Gasteiger partial charge in [-0.2, -0.15) is 5.26 Å². The van der Waals surface area contributed by atoms with Gasteiger partial charge in [0.15, 0.2) is 0 Å². The van der Waals surface area contributed by atoms with E-state index in [1.165, 1.54) is 25.3 Å². The number of benzene rings is 2. The quantitative estimate of drug-likeness (QED) is 0.494. The molecule has 0 saturated carbocycles. The number of anilines is 1. The predicted octanol–water partition coefficient (Wildman–Crippen LogP) is 3.78. The number of hydrogen-bond acceptors (Lipinski definition) is 4. The SMILES string of the molecule is COC(=O)c1ccc(NC(=O)/C(C#N)=C/c2ccc(Br)cc2)cc1. The van der Waals surface area contributed by atoms with E-state index in [0.717, 1.165) is 10.0 Å². The van der Waals surface area contributed by atoms with Gasteiger partial charge in [-0.15, -0.1) is 0 Å². The average molecular weight is 385 g/mol. The van der Waals surface area contributed by atoms with Gasteiger partial charge in [0.05, 0.1) is 12.7 Å². The van der Waals surface area contributed by atoms with Crippen LogP contribution in [0.3, 0.4) is 0 Å². The first-order valence-electron chi connectivity index (χ1n) is 6.90. The molecule has 0 aliphatic heterocycles. The highest BCUT2D eigenvalue weighted by molar-refractivity contribution is 9.10. The number of nitriles is 1. The van der Waals surface area contributed by atoms with Crippen LogP contribution in [0.5, 0.6) is 0 Å². The molecular weight excluding hydrogens is 372 g/mol. The summed E-state index contributed by atoms with van der Waals surface area (Å²) < 4.78 is 5.52. The Morgan fingerprint density at radius 3 is 2.29 bits per heavy atom. The number of hydrogen-bond donors (Lipinski definition) is 1. The number of ether oxygens (including phenoxy) is 1. The van der Waals surface area contributed by atoms with Crippen molar-refractivity contribution in [3.63, 3.8) is 0 Å². The summed E-state index contributed by atoms with van der Waals surface area (Å²) in [5.41, 5.74) is 1.58. The average Bonchev–Trinajstić information content (AvgIpc) is 2.61. The second-order valence-corrected chi connectivity index (χ2v) is 5.66. The summed E-state index contributed by atoms with van der Waals surface area (Å²) in [4.78, 5) is 23.6. The Morgan fingerprint density at radius 2 is 1.75 bits per heavy atom. The molecule has 1 amide bonds. The molecule has 0 atom stereocenters. The third-order valence-corrected chi connectivity index (χ3v) is 3.64. The van der Waals surface area contributed by atoms with Crippen LogP contribution in [0.1, 0.15) is 15.9 Å². The van der Waals surface area contributed by atoms with E-state index in [0.29, 0.717) is 11.3 Å². The van der Waals surface area contributed by atoms with E-state index >= 15 is 0 Å². The molecule has 120 valence electrons.